The van der Waals surface area contributed by atoms with Gasteiger partial charge < -0.3 is 42.2 Å². The molecular weight excluding hydrogens is 438 g/mol. The smallest absolute Gasteiger partial charge is 0.326 e. The lowest BCUT2D eigenvalue weighted by molar-refractivity contribution is -0.146. The molecule has 1 aliphatic rings. The number of carbonyl (C=O) groups excluding carboxylic acids is 4. The van der Waals surface area contributed by atoms with Crippen molar-refractivity contribution in [1.29, 1.82) is 0 Å². The Hall–Kier alpha value is -3.52. The van der Waals surface area contributed by atoms with Gasteiger partial charge in [-0.2, -0.15) is 0 Å². The maximum absolute atomic E-state index is 13.3. The van der Waals surface area contributed by atoms with Gasteiger partial charge >= 0.3 is 5.97 Å². The minimum Gasteiger partial charge on any atom is -0.480 e. The molecule has 182 valence electrons. The second kappa shape index (κ2) is 11.4. The van der Waals surface area contributed by atoms with Crippen molar-refractivity contribution >= 4 is 29.6 Å². The fourth-order valence-corrected chi connectivity index (χ4v) is 3.48. The molecule has 0 saturated carbocycles. The molecule has 1 aromatic heterocycles. The van der Waals surface area contributed by atoms with E-state index in [-0.39, 0.29) is 19.4 Å². The summed E-state index contributed by atoms with van der Waals surface area (Å²) >= 11 is 0. The van der Waals surface area contributed by atoms with Crippen LogP contribution in [0.3, 0.4) is 0 Å². The molecule has 1 aromatic rings. The SMILES string of the molecule is CC(O)C(N)C(=O)NC(Cc1cnc[nH]1)C(=O)N1CCCC1C(=O)NC(CC(N)=O)C(=O)O. The minimum absolute atomic E-state index is 0.0152. The van der Waals surface area contributed by atoms with E-state index in [1.807, 2.05) is 0 Å². The molecule has 14 nitrogen and oxygen atoms in total. The van der Waals surface area contributed by atoms with Crippen molar-refractivity contribution < 1.29 is 34.2 Å². The van der Waals surface area contributed by atoms with Crippen LogP contribution < -0.4 is 22.1 Å². The number of likely N-dealkylation sites (tertiary alicyclic amines) is 1. The third-order valence-corrected chi connectivity index (χ3v) is 5.27. The summed E-state index contributed by atoms with van der Waals surface area (Å²) in [6.07, 6.45) is 1.86. The molecule has 2 heterocycles. The Kier molecular flexibility index (Phi) is 8.87. The number of aromatic nitrogens is 2. The summed E-state index contributed by atoms with van der Waals surface area (Å²) in [6, 6.07) is -4.93. The van der Waals surface area contributed by atoms with Crippen LogP contribution in [-0.2, 0) is 30.4 Å². The second-order valence-electron chi connectivity index (χ2n) is 7.87. The number of hydrogen-bond acceptors (Lipinski definition) is 8. The lowest BCUT2D eigenvalue weighted by Gasteiger charge is -2.30. The van der Waals surface area contributed by atoms with Crippen LogP contribution in [0.25, 0.3) is 0 Å². The van der Waals surface area contributed by atoms with Crippen LogP contribution in [0.4, 0.5) is 0 Å². The summed E-state index contributed by atoms with van der Waals surface area (Å²) < 4.78 is 0. The number of aliphatic carboxylic acids is 1. The van der Waals surface area contributed by atoms with Crippen LogP contribution >= 0.6 is 0 Å². The summed E-state index contributed by atoms with van der Waals surface area (Å²) in [4.78, 5) is 68.8. The lowest BCUT2D eigenvalue weighted by Crippen LogP contribution is -2.58. The first-order valence-electron chi connectivity index (χ1n) is 10.3. The molecule has 0 radical (unpaired) electrons. The van der Waals surface area contributed by atoms with Gasteiger partial charge in [-0.05, 0) is 19.8 Å². The molecule has 0 aliphatic carbocycles. The van der Waals surface area contributed by atoms with Crippen molar-refractivity contribution in [2.75, 3.05) is 6.54 Å². The van der Waals surface area contributed by atoms with Gasteiger partial charge in [0.1, 0.15) is 24.2 Å². The van der Waals surface area contributed by atoms with E-state index < -0.39 is 66.3 Å². The molecule has 14 heteroatoms. The number of imidazole rings is 1. The summed E-state index contributed by atoms with van der Waals surface area (Å²) in [6.45, 7) is 1.53. The molecular formula is C19H29N7O7. The van der Waals surface area contributed by atoms with E-state index in [1.165, 1.54) is 24.3 Å². The van der Waals surface area contributed by atoms with Crippen LogP contribution in [0.15, 0.2) is 12.5 Å². The number of aliphatic hydroxyl groups is 1. The number of nitrogens with one attached hydrogen (secondary N) is 3. The number of H-pyrrole nitrogens is 1. The van der Waals surface area contributed by atoms with Gasteiger partial charge in [0.15, 0.2) is 0 Å². The van der Waals surface area contributed by atoms with Crippen LogP contribution in [-0.4, -0.2) is 91.5 Å². The number of aromatic amines is 1. The standard InChI is InChI=1S/C19H29N7O7/c1-9(27)15(21)17(30)24-11(5-10-7-22-8-23-10)18(31)26-4-2-3-13(26)16(29)25-12(19(32)33)6-14(20)28/h7-9,11-13,15,27H,2-6,21H2,1H3,(H2,20,28)(H,22,23)(H,24,30)(H,25,29)(H,32,33). The number of rotatable bonds is 11. The maximum atomic E-state index is 13.3. The fraction of sp³-hybridized carbons (Fsp3) is 0.579. The quantitative estimate of drug-likeness (QED) is 0.171. The third-order valence-electron chi connectivity index (χ3n) is 5.27. The van der Waals surface area contributed by atoms with E-state index in [0.29, 0.717) is 12.1 Å². The molecule has 0 aromatic carbocycles. The number of amides is 4. The summed E-state index contributed by atoms with van der Waals surface area (Å²) in [5.41, 5.74) is 11.2. The van der Waals surface area contributed by atoms with Crippen molar-refractivity contribution in [3.05, 3.63) is 18.2 Å². The predicted octanol–water partition coefficient (Wildman–Crippen LogP) is -3.42. The molecule has 4 amide bonds. The highest BCUT2D eigenvalue weighted by atomic mass is 16.4. The van der Waals surface area contributed by atoms with E-state index in [1.54, 1.807) is 0 Å². The Morgan fingerprint density at radius 3 is 2.52 bits per heavy atom. The molecule has 1 saturated heterocycles. The number of nitrogens with two attached hydrogens (primary N) is 2. The number of nitrogens with zero attached hydrogens (tertiary/aromatic N) is 2. The van der Waals surface area contributed by atoms with Crippen molar-refractivity contribution in [2.45, 2.75) is 62.9 Å². The largest absolute Gasteiger partial charge is 0.480 e. The van der Waals surface area contributed by atoms with Gasteiger partial charge in [0.05, 0.1) is 18.9 Å². The number of carbonyl (C=O) groups is 5. The van der Waals surface area contributed by atoms with E-state index >= 15 is 0 Å². The Labute approximate surface area is 189 Å². The van der Waals surface area contributed by atoms with E-state index in [9.17, 15) is 34.2 Å². The van der Waals surface area contributed by atoms with Gasteiger partial charge in [-0.1, -0.05) is 0 Å². The van der Waals surface area contributed by atoms with Crippen molar-refractivity contribution in [1.82, 2.24) is 25.5 Å². The monoisotopic (exact) mass is 467 g/mol. The summed E-state index contributed by atoms with van der Waals surface area (Å²) in [5.74, 6) is -4.43. The van der Waals surface area contributed by atoms with Gasteiger partial charge in [-0.3, -0.25) is 19.2 Å². The van der Waals surface area contributed by atoms with Crippen molar-refractivity contribution in [2.24, 2.45) is 11.5 Å². The van der Waals surface area contributed by atoms with Crippen LogP contribution in [0.5, 0.6) is 0 Å². The average Bonchev–Trinajstić information content (AvgIpc) is 3.43. The first-order chi connectivity index (χ1) is 15.5. The first-order valence-corrected chi connectivity index (χ1v) is 10.3. The molecule has 9 N–H and O–H groups in total. The Balaban J connectivity index is 2.19. The lowest BCUT2D eigenvalue weighted by atomic mass is 10.1. The molecule has 2 rings (SSSR count). The first kappa shape index (κ1) is 25.7. The molecule has 0 bridgehead atoms. The fourth-order valence-electron chi connectivity index (χ4n) is 3.48. The second-order valence-corrected chi connectivity index (χ2v) is 7.87. The zero-order valence-corrected chi connectivity index (χ0v) is 18.1. The van der Waals surface area contributed by atoms with Gasteiger partial charge in [-0.25, -0.2) is 9.78 Å². The average molecular weight is 467 g/mol. The van der Waals surface area contributed by atoms with E-state index in [0.717, 1.165) is 0 Å². The number of hydrogen-bond donors (Lipinski definition) is 7. The number of carboxylic acids is 1. The highest BCUT2D eigenvalue weighted by Crippen LogP contribution is 2.20. The number of primary amides is 1. The molecule has 33 heavy (non-hydrogen) atoms. The van der Waals surface area contributed by atoms with Gasteiger partial charge in [-0.15, -0.1) is 0 Å². The maximum Gasteiger partial charge on any atom is 0.326 e. The molecule has 1 fully saturated rings. The van der Waals surface area contributed by atoms with Gasteiger partial charge in [0, 0.05) is 24.9 Å². The van der Waals surface area contributed by atoms with Crippen LogP contribution in [0.2, 0.25) is 0 Å². The number of carboxylic acid groups (broad SMARTS) is 1. The number of aliphatic hydroxyl groups excluding tert-OH is 1. The molecule has 1 aliphatic heterocycles. The normalized spacial score (nSPS) is 19.2. The van der Waals surface area contributed by atoms with Gasteiger partial charge in [0.25, 0.3) is 0 Å². The van der Waals surface area contributed by atoms with Crippen molar-refractivity contribution in [3.63, 3.8) is 0 Å². The Morgan fingerprint density at radius 2 is 1.97 bits per heavy atom. The molecule has 5 unspecified atom stereocenters. The third kappa shape index (κ3) is 6.98. The predicted molar refractivity (Wildman–Crippen MR) is 112 cm³/mol. The highest BCUT2D eigenvalue weighted by molar-refractivity contribution is 5.95. The molecule has 5 atom stereocenters. The highest BCUT2D eigenvalue weighted by Gasteiger charge is 2.39. The van der Waals surface area contributed by atoms with Crippen molar-refractivity contribution in [3.8, 4) is 0 Å². The molecule has 0 spiro atoms. The minimum atomic E-state index is -1.53. The Bertz CT molecular complexity index is 874. The van der Waals surface area contributed by atoms with Crippen LogP contribution in [0.1, 0.15) is 31.9 Å². The van der Waals surface area contributed by atoms with E-state index in [4.69, 9.17) is 11.5 Å². The van der Waals surface area contributed by atoms with E-state index in [2.05, 4.69) is 20.6 Å². The Morgan fingerprint density at radius 1 is 1.27 bits per heavy atom. The zero-order valence-electron chi connectivity index (χ0n) is 18.1. The zero-order chi connectivity index (χ0) is 24.7. The summed E-state index contributed by atoms with van der Waals surface area (Å²) in [7, 11) is 0. The van der Waals surface area contributed by atoms with Gasteiger partial charge in [0.2, 0.25) is 23.6 Å². The van der Waals surface area contributed by atoms with Crippen LogP contribution in [0, 0.1) is 0 Å². The topological polar surface area (TPSA) is 234 Å². The summed E-state index contributed by atoms with van der Waals surface area (Å²) in [5, 5.41) is 23.6.